The Morgan fingerprint density at radius 1 is 1.14 bits per heavy atom. The number of nitrogens with one attached hydrogen (secondary N) is 1. The molecular weight excluding hydrogens is 269 g/mol. The minimum absolute atomic E-state index is 0.0305. The zero-order valence-corrected chi connectivity index (χ0v) is 12.3. The molecule has 2 aromatic rings. The van der Waals surface area contributed by atoms with Gasteiger partial charge in [0.1, 0.15) is 0 Å². The maximum absolute atomic E-state index is 13.7. The van der Waals surface area contributed by atoms with E-state index in [2.05, 4.69) is 5.32 Å². The van der Waals surface area contributed by atoms with E-state index in [-0.39, 0.29) is 24.2 Å². The van der Waals surface area contributed by atoms with Crippen LogP contribution in [0.15, 0.2) is 42.5 Å². The maximum Gasteiger partial charge on any atom is 0.165 e. The minimum atomic E-state index is -0.351. The molecule has 0 saturated carbocycles. The van der Waals surface area contributed by atoms with Gasteiger partial charge in [-0.1, -0.05) is 30.3 Å². The molecule has 0 aromatic heterocycles. The summed E-state index contributed by atoms with van der Waals surface area (Å²) >= 11 is 0. The molecule has 2 aromatic carbocycles. The van der Waals surface area contributed by atoms with Crippen LogP contribution >= 0.6 is 0 Å². The number of hydrogen-bond donors (Lipinski definition) is 2. The molecule has 0 amide bonds. The lowest BCUT2D eigenvalue weighted by Gasteiger charge is -2.15. The number of rotatable bonds is 6. The van der Waals surface area contributed by atoms with Crippen LogP contribution in [0.3, 0.4) is 0 Å². The van der Waals surface area contributed by atoms with Crippen molar-refractivity contribution in [2.24, 2.45) is 0 Å². The predicted octanol–water partition coefficient (Wildman–Crippen LogP) is 3.18. The maximum atomic E-state index is 13.7. The fourth-order valence-electron chi connectivity index (χ4n) is 2.10. The highest BCUT2D eigenvalue weighted by atomic mass is 19.1. The zero-order chi connectivity index (χ0) is 15.2. The Labute approximate surface area is 124 Å². The summed E-state index contributed by atoms with van der Waals surface area (Å²) in [6.45, 7) is 2.72. The number of ether oxygens (including phenoxy) is 1. The summed E-state index contributed by atoms with van der Waals surface area (Å²) in [6.07, 6.45) is 0. The van der Waals surface area contributed by atoms with Gasteiger partial charge in [0.25, 0.3) is 0 Å². The standard InChI is InChI=1S/C17H20FNO2/c1-12(15-7-8-17(21-2)16(18)9-15)19-10-13-3-5-14(11-20)6-4-13/h3-9,12,19-20H,10-11H2,1-2H3. The monoisotopic (exact) mass is 289 g/mol. The Morgan fingerprint density at radius 2 is 1.81 bits per heavy atom. The number of halogens is 1. The zero-order valence-electron chi connectivity index (χ0n) is 12.3. The normalized spacial score (nSPS) is 12.2. The molecule has 0 bridgehead atoms. The first-order chi connectivity index (χ1) is 10.1. The second-order valence-electron chi connectivity index (χ2n) is 4.97. The summed E-state index contributed by atoms with van der Waals surface area (Å²) in [4.78, 5) is 0. The Hall–Kier alpha value is -1.91. The van der Waals surface area contributed by atoms with Gasteiger partial charge in [0.05, 0.1) is 13.7 Å². The molecule has 0 heterocycles. The fraction of sp³-hybridized carbons (Fsp3) is 0.294. The van der Waals surface area contributed by atoms with Crippen molar-refractivity contribution >= 4 is 0 Å². The van der Waals surface area contributed by atoms with Crippen molar-refractivity contribution in [3.05, 3.63) is 65.0 Å². The highest BCUT2D eigenvalue weighted by Gasteiger charge is 2.09. The molecule has 0 saturated heterocycles. The van der Waals surface area contributed by atoms with Crippen LogP contribution < -0.4 is 10.1 Å². The van der Waals surface area contributed by atoms with Gasteiger partial charge in [0.2, 0.25) is 0 Å². The molecule has 2 rings (SSSR count). The minimum Gasteiger partial charge on any atom is -0.494 e. The van der Waals surface area contributed by atoms with Gasteiger partial charge in [-0.05, 0) is 35.7 Å². The number of benzene rings is 2. The van der Waals surface area contributed by atoms with E-state index in [9.17, 15) is 4.39 Å². The van der Waals surface area contributed by atoms with Crippen molar-refractivity contribution in [2.75, 3.05) is 7.11 Å². The second kappa shape index (κ2) is 7.20. The van der Waals surface area contributed by atoms with E-state index >= 15 is 0 Å². The molecule has 112 valence electrons. The van der Waals surface area contributed by atoms with Crippen LogP contribution in [0.1, 0.15) is 29.7 Å². The van der Waals surface area contributed by atoms with E-state index in [1.54, 1.807) is 6.07 Å². The Morgan fingerprint density at radius 3 is 2.38 bits per heavy atom. The molecule has 0 aliphatic heterocycles. The predicted molar refractivity (Wildman–Crippen MR) is 80.6 cm³/mol. The van der Waals surface area contributed by atoms with Crippen LogP contribution in [0, 0.1) is 5.82 Å². The fourth-order valence-corrected chi connectivity index (χ4v) is 2.10. The largest absolute Gasteiger partial charge is 0.494 e. The van der Waals surface area contributed by atoms with Gasteiger partial charge in [0, 0.05) is 12.6 Å². The summed E-state index contributed by atoms with van der Waals surface area (Å²) in [5.41, 5.74) is 2.89. The molecule has 0 aliphatic carbocycles. The van der Waals surface area contributed by atoms with Gasteiger partial charge in [-0.2, -0.15) is 0 Å². The summed E-state index contributed by atoms with van der Waals surface area (Å²) in [5, 5.41) is 12.4. The highest BCUT2D eigenvalue weighted by molar-refractivity contribution is 5.31. The van der Waals surface area contributed by atoms with E-state index < -0.39 is 0 Å². The third-order valence-corrected chi connectivity index (χ3v) is 3.49. The van der Waals surface area contributed by atoms with Gasteiger partial charge in [-0.15, -0.1) is 0 Å². The van der Waals surface area contributed by atoms with Crippen LogP contribution in [0.5, 0.6) is 5.75 Å². The molecule has 0 radical (unpaired) electrons. The van der Waals surface area contributed by atoms with Crippen molar-refractivity contribution in [1.29, 1.82) is 0 Å². The Bertz CT molecular complexity index is 584. The topological polar surface area (TPSA) is 41.5 Å². The molecule has 1 unspecified atom stereocenters. The van der Waals surface area contributed by atoms with Gasteiger partial charge >= 0.3 is 0 Å². The summed E-state index contributed by atoms with van der Waals surface area (Å²) < 4.78 is 18.6. The third kappa shape index (κ3) is 4.03. The van der Waals surface area contributed by atoms with Crippen LogP contribution in [-0.2, 0) is 13.2 Å². The lowest BCUT2D eigenvalue weighted by molar-refractivity contribution is 0.282. The van der Waals surface area contributed by atoms with E-state index in [1.807, 2.05) is 37.3 Å². The summed E-state index contributed by atoms with van der Waals surface area (Å²) in [7, 11) is 1.45. The van der Waals surface area contributed by atoms with E-state index in [0.717, 1.165) is 16.7 Å². The SMILES string of the molecule is COc1ccc(C(C)NCc2ccc(CO)cc2)cc1F. The molecule has 0 spiro atoms. The van der Waals surface area contributed by atoms with Crippen molar-refractivity contribution in [1.82, 2.24) is 5.32 Å². The molecule has 3 nitrogen and oxygen atoms in total. The van der Waals surface area contributed by atoms with E-state index in [0.29, 0.717) is 6.54 Å². The summed E-state index contributed by atoms with van der Waals surface area (Å²) in [6, 6.07) is 12.8. The first-order valence-electron chi connectivity index (χ1n) is 6.89. The molecule has 2 N–H and O–H groups in total. The van der Waals surface area contributed by atoms with Gasteiger partial charge in [-0.25, -0.2) is 4.39 Å². The summed E-state index contributed by atoms with van der Waals surface area (Å²) in [5.74, 6) is -0.0958. The highest BCUT2D eigenvalue weighted by Crippen LogP contribution is 2.22. The molecule has 21 heavy (non-hydrogen) atoms. The third-order valence-electron chi connectivity index (χ3n) is 3.49. The van der Waals surface area contributed by atoms with Gasteiger partial charge in [-0.3, -0.25) is 0 Å². The molecule has 0 aliphatic rings. The number of aliphatic hydroxyl groups excluding tert-OH is 1. The van der Waals surface area contributed by atoms with Gasteiger partial charge in [0.15, 0.2) is 11.6 Å². The van der Waals surface area contributed by atoms with Crippen LogP contribution in [0.2, 0.25) is 0 Å². The van der Waals surface area contributed by atoms with Gasteiger partial charge < -0.3 is 15.2 Å². The smallest absolute Gasteiger partial charge is 0.165 e. The average molecular weight is 289 g/mol. The number of methoxy groups -OCH3 is 1. The first-order valence-corrected chi connectivity index (χ1v) is 6.89. The van der Waals surface area contributed by atoms with Crippen molar-refractivity contribution in [3.63, 3.8) is 0 Å². The van der Waals surface area contributed by atoms with Crippen molar-refractivity contribution < 1.29 is 14.2 Å². The molecular formula is C17H20FNO2. The molecule has 0 fully saturated rings. The van der Waals surface area contributed by atoms with Crippen molar-refractivity contribution in [2.45, 2.75) is 26.1 Å². The quantitative estimate of drug-likeness (QED) is 0.858. The Kier molecular flexibility index (Phi) is 5.31. The van der Waals surface area contributed by atoms with E-state index in [1.165, 1.54) is 13.2 Å². The van der Waals surface area contributed by atoms with Crippen LogP contribution in [-0.4, -0.2) is 12.2 Å². The average Bonchev–Trinajstić information content (AvgIpc) is 2.53. The van der Waals surface area contributed by atoms with Crippen LogP contribution in [0.4, 0.5) is 4.39 Å². The lowest BCUT2D eigenvalue weighted by Crippen LogP contribution is -2.18. The number of aliphatic hydroxyl groups is 1. The lowest BCUT2D eigenvalue weighted by atomic mass is 10.1. The van der Waals surface area contributed by atoms with Crippen LogP contribution in [0.25, 0.3) is 0 Å². The Balaban J connectivity index is 1.97. The molecule has 4 heteroatoms. The molecule has 1 atom stereocenters. The van der Waals surface area contributed by atoms with E-state index in [4.69, 9.17) is 9.84 Å². The van der Waals surface area contributed by atoms with Crippen molar-refractivity contribution in [3.8, 4) is 5.75 Å². The second-order valence-corrected chi connectivity index (χ2v) is 4.97. The number of hydrogen-bond acceptors (Lipinski definition) is 3. The first kappa shape index (κ1) is 15.5.